The summed E-state index contributed by atoms with van der Waals surface area (Å²) in [5, 5.41) is 0. The molecule has 0 atom stereocenters. The van der Waals surface area contributed by atoms with E-state index >= 15 is 0 Å². The van der Waals surface area contributed by atoms with Gasteiger partial charge in [-0.15, -0.1) is 0 Å². The van der Waals surface area contributed by atoms with Gasteiger partial charge < -0.3 is 14.0 Å². The molecule has 5 heteroatoms. The predicted octanol–water partition coefficient (Wildman–Crippen LogP) is 6.69. The van der Waals surface area contributed by atoms with Crippen LogP contribution in [0.2, 0.25) is 0 Å². The molecule has 0 aliphatic heterocycles. The largest absolute Gasteiger partial charge is 0.460 e. The van der Waals surface area contributed by atoms with Crippen molar-refractivity contribution in [3.8, 4) is 16.9 Å². The maximum absolute atomic E-state index is 12.0. The third kappa shape index (κ3) is 8.43. The van der Waals surface area contributed by atoms with Gasteiger partial charge in [-0.05, 0) is 95.3 Å². The van der Waals surface area contributed by atoms with E-state index < -0.39 is 11.2 Å². The van der Waals surface area contributed by atoms with Gasteiger partial charge in [-0.2, -0.15) is 0 Å². The summed E-state index contributed by atoms with van der Waals surface area (Å²) in [6.45, 7) is 11.3. The Hall–Kier alpha value is -3.34. The smallest absolute Gasteiger partial charge is 0.306 e. The summed E-state index contributed by atoms with van der Waals surface area (Å²) in [4.78, 5) is 24.0. The number of carbonyl (C=O) groups is 2. The van der Waals surface area contributed by atoms with Gasteiger partial charge in [0.05, 0.1) is 5.69 Å². The van der Waals surface area contributed by atoms with Crippen molar-refractivity contribution in [2.45, 2.75) is 78.4 Å². The van der Waals surface area contributed by atoms with Gasteiger partial charge in [-0.25, -0.2) is 0 Å². The zero-order valence-corrected chi connectivity index (χ0v) is 21.8. The van der Waals surface area contributed by atoms with E-state index in [9.17, 15) is 9.59 Å². The molecule has 0 aliphatic carbocycles. The zero-order chi connectivity index (χ0) is 25.6. The number of rotatable bonds is 8. The monoisotopic (exact) mass is 475 g/mol. The van der Waals surface area contributed by atoms with Crippen LogP contribution in [0.1, 0.15) is 65.5 Å². The molecule has 0 aliphatic rings. The number of esters is 2. The van der Waals surface area contributed by atoms with Gasteiger partial charge in [0.15, 0.2) is 0 Å². The van der Waals surface area contributed by atoms with Gasteiger partial charge in [0.25, 0.3) is 0 Å². The fourth-order valence-corrected chi connectivity index (χ4v) is 3.78. The molecule has 35 heavy (non-hydrogen) atoms. The fraction of sp³-hybridized carbons (Fsp3) is 0.400. The van der Waals surface area contributed by atoms with Gasteiger partial charge in [0.1, 0.15) is 11.2 Å². The first-order chi connectivity index (χ1) is 16.4. The van der Waals surface area contributed by atoms with Gasteiger partial charge in [0.2, 0.25) is 0 Å². The first-order valence-corrected chi connectivity index (χ1v) is 12.2. The SMILES string of the molecule is CC(C)(C)OC(=O)CCc1ccc(-c2cccn2-c2ccc(CCC(=O)OC(C)(C)C)cc2)cc1. The van der Waals surface area contributed by atoms with E-state index in [1.807, 2.05) is 53.8 Å². The Balaban J connectivity index is 1.62. The van der Waals surface area contributed by atoms with E-state index in [2.05, 4.69) is 59.2 Å². The van der Waals surface area contributed by atoms with Crippen LogP contribution >= 0.6 is 0 Å². The number of nitrogens with zero attached hydrogens (tertiary/aromatic N) is 1. The number of hydrogen-bond acceptors (Lipinski definition) is 4. The van der Waals surface area contributed by atoms with Gasteiger partial charge >= 0.3 is 11.9 Å². The zero-order valence-electron chi connectivity index (χ0n) is 21.8. The van der Waals surface area contributed by atoms with E-state index in [0.717, 1.165) is 28.1 Å². The second-order valence-corrected chi connectivity index (χ2v) is 10.8. The lowest BCUT2D eigenvalue weighted by molar-refractivity contribution is -0.155. The lowest BCUT2D eigenvalue weighted by atomic mass is 10.1. The first-order valence-electron chi connectivity index (χ1n) is 12.2. The lowest BCUT2D eigenvalue weighted by Crippen LogP contribution is -2.24. The molecule has 5 nitrogen and oxygen atoms in total. The van der Waals surface area contributed by atoms with Crippen LogP contribution in [-0.4, -0.2) is 27.7 Å². The first kappa shape index (κ1) is 26.3. The maximum Gasteiger partial charge on any atom is 0.306 e. The Morgan fingerprint density at radius 2 is 1.14 bits per heavy atom. The predicted molar refractivity (Wildman–Crippen MR) is 140 cm³/mol. The molecule has 3 aromatic rings. The Bertz CT molecular complexity index is 1040. The number of carbonyl (C=O) groups excluding carboxylic acids is 2. The van der Waals surface area contributed by atoms with Crippen LogP contribution in [0.3, 0.4) is 0 Å². The highest BCUT2D eigenvalue weighted by molar-refractivity contribution is 5.71. The van der Waals surface area contributed by atoms with Gasteiger partial charge in [-0.3, -0.25) is 9.59 Å². The van der Waals surface area contributed by atoms with Crippen LogP contribution in [0, 0.1) is 0 Å². The average Bonchev–Trinajstić information content (AvgIpc) is 3.24. The highest BCUT2D eigenvalue weighted by Gasteiger charge is 2.17. The summed E-state index contributed by atoms with van der Waals surface area (Å²) in [5.74, 6) is -0.353. The third-order valence-electron chi connectivity index (χ3n) is 5.29. The minimum Gasteiger partial charge on any atom is -0.460 e. The van der Waals surface area contributed by atoms with Crippen molar-refractivity contribution in [1.29, 1.82) is 0 Å². The Morgan fingerprint density at radius 1 is 0.686 bits per heavy atom. The number of ether oxygens (including phenoxy) is 2. The summed E-state index contributed by atoms with van der Waals surface area (Å²) < 4.78 is 12.9. The summed E-state index contributed by atoms with van der Waals surface area (Å²) in [6, 6.07) is 20.7. The molecule has 0 saturated carbocycles. The minimum atomic E-state index is -0.456. The third-order valence-corrected chi connectivity index (χ3v) is 5.29. The second kappa shape index (κ2) is 10.9. The molecule has 186 valence electrons. The molecular formula is C30H37NO4. The molecule has 0 bridgehead atoms. The molecule has 0 unspecified atom stereocenters. The number of aromatic nitrogens is 1. The quantitative estimate of drug-likeness (QED) is 0.341. The Kier molecular flexibility index (Phi) is 8.21. The number of aryl methyl sites for hydroxylation is 2. The minimum absolute atomic E-state index is 0.176. The van der Waals surface area contributed by atoms with Crippen LogP contribution < -0.4 is 0 Å². The number of benzene rings is 2. The van der Waals surface area contributed by atoms with Crippen LogP contribution in [0.25, 0.3) is 16.9 Å². The average molecular weight is 476 g/mol. The highest BCUT2D eigenvalue weighted by atomic mass is 16.6. The normalized spacial score (nSPS) is 11.8. The lowest BCUT2D eigenvalue weighted by Gasteiger charge is -2.19. The van der Waals surface area contributed by atoms with Gasteiger partial charge in [-0.1, -0.05) is 36.4 Å². The molecule has 0 N–H and O–H groups in total. The van der Waals surface area contributed by atoms with Gasteiger partial charge in [0, 0.05) is 24.7 Å². The van der Waals surface area contributed by atoms with Crippen molar-refractivity contribution in [1.82, 2.24) is 4.57 Å². The standard InChI is InChI=1S/C30H37NO4/c1-29(2,3)34-27(32)19-13-22-9-15-24(16-10-22)26-8-7-21-31(26)25-17-11-23(12-18-25)14-20-28(33)35-30(4,5)6/h7-12,15-18,21H,13-14,19-20H2,1-6H3. The Labute approximate surface area is 209 Å². The van der Waals surface area contributed by atoms with E-state index in [0.29, 0.717) is 25.7 Å². The van der Waals surface area contributed by atoms with E-state index in [4.69, 9.17) is 9.47 Å². The molecule has 0 radical (unpaired) electrons. The van der Waals surface area contributed by atoms with Crippen molar-refractivity contribution < 1.29 is 19.1 Å². The second-order valence-electron chi connectivity index (χ2n) is 10.8. The van der Waals surface area contributed by atoms with Crippen molar-refractivity contribution in [2.75, 3.05) is 0 Å². The summed E-state index contributed by atoms with van der Waals surface area (Å²) >= 11 is 0. The van der Waals surface area contributed by atoms with Crippen LogP contribution in [0.4, 0.5) is 0 Å². The molecule has 3 rings (SSSR count). The molecule has 1 heterocycles. The topological polar surface area (TPSA) is 57.5 Å². The molecular weight excluding hydrogens is 438 g/mol. The van der Waals surface area contributed by atoms with E-state index in [1.54, 1.807) is 0 Å². The van der Waals surface area contributed by atoms with Crippen LogP contribution in [-0.2, 0) is 31.9 Å². The van der Waals surface area contributed by atoms with Crippen LogP contribution in [0.5, 0.6) is 0 Å². The molecule has 0 spiro atoms. The van der Waals surface area contributed by atoms with Crippen molar-refractivity contribution in [3.05, 3.63) is 78.0 Å². The van der Waals surface area contributed by atoms with Crippen molar-refractivity contribution >= 4 is 11.9 Å². The van der Waals surface area contributed by atoms with E-state index in [1.165, 1.54) is 0 Å². The van der Waals surface area contributed by atoms with E-state index in [-0.39, 0.29) is 11.9 Å². The molecule has 0 fully saturated rings. The van der Waals surface area contributed by atoms with Crippen molar-refractivity contribution in [2.24, 2.45) is 0 Å². The molecule has 2 aromatic carbocycles. The summed E-state index contributed by atoms with van der Waals surface area (Å²) in [7, 11) is 0. The molecule has 1 aromatic heterocycles. The fourth-order valence-electron chi connectivity index (χ4n) is 3.78. The molecule has 0 amide bonds. The maximum atomic E-state index is 12.0. The Morgan fingerprint density at radius 3 is 1.60 bits per heavy atom. The van der Waals surface area contributed by atoms with Crippen LogP contribution in [0.15, 0.2) is 66.9 Å². The number of hydrogen-bond donors (Lipinski definition) is 0. The highest BCUT2D eigenvalue weighted by Crippen LogP contribution is 2.25. The summed E-state index contributed by atoms with van der Waals surface area (Å²) in [6.07, 6.45) is 4.08. The summed E-state index contributed by atoms with van der Waals surface area (Å²) in [5.41, 5.74) is 4.54. The van der Waals surface area contributed by atoms with Crippen molar-refractivity contribution in [3.63, 3.8) is 0 Å². The molecule has 0 saturated heterocycles.